The molecule has 0 spiro atoms. The minimum Gasteiger partial charge on any atom is -0.371 e. The summed E-state index contributed by atoms with van der Waals surface area (Å²) in [6, 6.07) is 25.4. The van der Waals surface area contributed by atoms with Crippen LogP contribution < -0.4 is 0 Å². The Hall–Kier alpha value is -2.89. The van der Waals surface area contributed by atoms with Crippen molar-refractivity contribution in [1.82, 2.24) is 4.90 Å². The van der Waals surface area contributed by atoms with Gasteiger partial charge in [-0.25, -0.2) is 0 Å². The van der Waals surface area contributed by atoms with Gasteiger partial charge in [0.2, 0.25) is 0 Å². The predicted octanol–water partition coefficient (Wildman–Crippen LogP) is 6.15. The number of nitrogens with zero attached hydrogens (tertiary/aromatic N) is 1. The van der Waals surface area contributed by atoms with Crippen LogP contribution in [0.25, 0.3) is 11.6 Å². The summed E-state index contributed by atoms with van der Waals surface area (Å²) in [6.07, 6.45) is -3.10. The molecule has 1 atom stereocenters. The highest BCUT2D eigenvalue weighted by molar-refractivity contribution is 5.85. The van der Waals surface area contributed by atoms with E-state index in [1.807, 2.05) is 48.5 Å². The van der Waals surface area contributed by atoms with Crippen molar-refractivity contribution in [3.05, 3.63) is 107 Å². The first-order valence-corrected chi connectivity index (χ1v) is 10.3. The Morgan fingerprint density at radius 1 is 0.903 bits per heavy atom. The van der Waals surface area contributed by atoms with Crippen LogP contribution in [0, 0.1) is 0 Å². The topological polar surface area (TPSA) is 12.5 Å². The lowest BCUT2D eigenvalue weighted by Crippen LogP contribution is -2.42. The van der Waals surface area contributed by atoms with Gasteiger partial charge >= 0.3 is 6.18 Å². The number of halogens is 3. The normalized spacial score (nSPS) is 18.2. The Kier molecular flexibility index (Phi) is 6.54. The summed E-state index contributed by atoms with van der Waals surface area (Å²) in [5, 5.41) is 0. The molecular formula is C26H24F3NO. The predicted molar refractivity (Wildman–Crippen MR) is 117 cm³/mol. The molecule has 0 aromatic heterocycles. The van der Waals surface area contributed by atoms with E-state index in [2.05, 4.69) is 17.0 Å². The van der Waals surface area contributed by atoms with Gasteiger partial charge in [-0.2, -0.15) is 13.2 Å². The van der Waals surface area contributed by atoms with E-state index in [0.717, 1.165) is 30.3 Å². The van der Waals surface area contributed by atoms with E-state index >= 15 is 0 Å². The van der Waals surface area contributed by atoms with Gasteiger partial charge in [0, 0.05) is 19.6 Å². The zero-order chi connectivity index (χ0) is 21.7. The van der Waals surface area contributed by atoms with Crippen LogP contribution in [0.2, 0.25) is 0 Å². The van der Waals surface area contributed by atoms with E-state index in [9.17, 15) is 13.2 Å². The Labute approximate surface area is 180 Å². The van der Waals surface area contributed by atoms with Crippen LogP contribution >= 0.6 is 0 Å². The van der Waals surface area contributed by atoms with Gasteiger partial charge in [-0.3, -0.25) is 4.90 Å². The van der Waals surface area contributed by atoms with Crippen molar-refractivity contribution in [2.75, 3.05) is 19.7 Å². The number of hydrogen-bond acceptors (Lipinski definition) is 2. The maximum Gasteiger partial charge on any atom is 0.416 e. The second-order valence-electron chi connectivity index (χ2n) is 7.63. The first-order valence-electron chi connectivity index (χ1n) is 10.3. The molecule has 1 unspecified atom stereocenters. The Morgan fingerprint density at radius 2 is 1.55 bits per heavy atom. The van der Waals surface area contributed by atoms with Gasteiger partial charge in [0.1, 0.15) is 0 Å². The summed E-state index contributed by atoms with van der Waals surface area (Å²) in [5.41, 5.74) is 2.34. The van der Waals surface area contributed by atoms with E-state index < -0.39 is 11.7 Å². The summed E-state index contributed by atoms with van der Waals surface area (Å²) < 4.78 is 46.8. The van der Waals surface area contributed by atoms with Gasteiger partial charge in [-0.05, 0) is 34.4 Å². The van der Waals surface area contributed by atoms with E-state index in [4.69, 9.17) is 4.74 Å². The van der Waals surface area contributed by atoms with Crippen LogP contribution in [0.3, 0.4) is 0 Å². The third-order valence-electron chi connectivity index (χ3n) is 5.43. The SMILES string of the molecule is FC(F)(F)c1ccccc1C=C(c1ccccc1)C1CN(Cc2ccccc2)CCO1. The molecule has 0 saturated carbocycles. The highest BCUT2D eigenvalue weighted by atomic mass is 19.4. The highest BCUT2D eigenvalue weighted by Gasteiger charge is 2.33. The lowest BCUT2D eigenvalue weighted by Gasteiger charge is -2.34. The fourth-order valence-electron chi connectivity index (χ4n) is 3.92. The molecule has 0 radical (unpaired) electrons. The second-order valence-corrected chi connectivity index (χ2v) is 7.63. The first kappa shape index (κ1) is 21.3. The molecule has 4 rings (SSSR count). The lowest BCUT2D eigenvalue weighted by molar-refractivity contribution is -0.137. The van der Waals surface area contributed by atoms with Crippen LogP contribution in [0.5, 0.6) is 0 Å². The molecule has 1 fully saturated rings. The van der Waals surface area contributed by atoms with E-state index in [-0.39, 0.29) is 11.7 Å². The van der Waals surface area contributed by atoms with Gasteiger partial charge < -0.3 is 4.74 Å². The molecule has 1 aliphatic heterocycles. The molecule has 0 N–H and O–H groups in total. The average Bonchev–Trinajstić information content (AvgIpc) is 2.78. The molecule has 2 nitrogen and oxygen atoms in total. The molecule has 3 aromatic rings. The monoisotopic (exact) mass is 423 g/mol. The number of alkyl halides is 3. The van der Waals surface area contributed by atoms with Crippen LogP contribution in [0.15, 0.2) is 84.9 Å². The second kappa shape index (κ2) is 9.50. The van der Waals surface area contributed by atoms with Crippen LogP contribution in [0.4, 0.5) is 13.2 Å². The third-order valence-corrected chi connectivity index (χ3v) is 5.43. The third kappa shape index (κ3) is 5.43. The van der Waals surface area contributed by atoms with Crippen molar-refractivity contribution in [2.45, 2.75) is 18.8 Å². The molecule has 3 aromatic carbocycles. The Bertz CT molecular complexity index is 1020. The minimum atomic E-state index is -4.42. The summed E-state index contributed by atoms with van der Waals surface area (Å²) in [4.78, 5) is 2.29. The van der Waals surface area contributed by atoms with Crippen molar-refractivity contribution in [3.63, 3.8) is 0 Å². The summed E-state index contributed by atoms with van der Waals surface area (Å²) >= 11 is 0. The fraction of sp³-hybridized carbons (Fsp3) is 0.231. The number of rotatable bonds is 5. The van der Waals surface area contributed by atoms with E-state index in [1.165, 1.54) is 17.7 Å². The molecule has 1 aliphatic rings. The number of ether oxygens (including phenoxy) is 1. The largest absolute Gasteiger partial charge is 0.416 e. The highest BCUT2D eigenvalue weighted by Crippen LogP contribution is 2.35. The molecular weight excluding hydrogens is 399 g/mol. The van der Waals surface area contributed by atoms with Crippen molar-refractivity contribution >= 4 is 11.6 Å². The first-order chi connectivity index (χ1) is 15.0. The van der Waals surface area contributed by atoms with Crippen molar-refractivity contribution < 1.29 is 17.9 Å². The Balaban J connectivity index is 1.67. The number of morpholine rings is 1. The number of benzene rings is 3. The van der Waals surface area contributed by atoms with Crippen LogP contribution in [0.1, 0.15) is 22.3 Å². The zero-order valence-corrected chi connectivity index (χ0v) is 17.1. The van der Waals surface area contributed by atoms with Gasteiger partial charge in [0.05, 0.1) is 18.3 Å². The fourth-order valence-corrected chi connectivity index (χ4v) is 3.92. The molecule has 0 aliphatic carbocycles. The van der Waals surface area contributed by atoms with Gasteiger partial charge in [0.25, 0.3) is 0 Å². The van der Waals surface area contributed by atoms with Gasteiger partial charge in [0.15, 0.2) is 0 Å². The van der Waals surface area contributed by atoms with Gasteiger partial charge in [-0.1, -0.05) is 78.9 Å². The van der Waals surface area contributed by atoms with Crippen molar-refractivity contribution in [2.24, 2.45) is 0 Å². The van der Waals surface area contributed by atoms with Crippen molar-refractivity contribution in [3.8, 4) is 0 Å². The summed E-state index contributed by atoms with van der Waals surface area (Å²) in [5.74, 6) is 0. The smallest absolute Gasteiger partial charge is 0.371 e. The lowest BCUT2D eigenvalue weighted by atomic mass is 9.94. The zero-order valence-electron chi connectivity index (χ0n) is 17.1. The van der Waals surface area contributed by atoms with Crippen molar-refractivity contribution in [1.29, 1.82) is 0 Å². The summed E-state index contributed by atoms with van der Waals surface area (Å²) in [6.45, 7) is 2.71. The summed E-state index contributed by atoms with van der Waals surface area (Å²) in [7, 11) is 0. The quantitative estimate of drug-likeness (QED) is 0.457. The molecule has 1 heterocycles. The van der Waals surface area contributed by atoms with Crippen LogP contribution in [-0.4, -0.2) is 30.7 Å². The molecule has 5 heteroatoms. The average molecular weight is 423 g/mol. The standard InChI is InChI=1S/C26H24F3NO/c27-26(28,29)24-14-8-7-13-22(24)17-23(21-11-5-2-6-12-21)25-19-30(15-16-31-25)18-20-9-3-1-4-10-20/h1-14,17,25H,15-16,18-19H2. The van der Waals surface area contributed by atoms with E-state index in [1.54, 1.807) is 12.1 Å². The van der Waals surface area contributed by atoms with Gasteiger partial charge in [-0.15, -0.1) is 0 Å². The Morgan fingerprint density at radius 3 is 2.26 bits per heavy atom. The molecule has 0 bridgehead atoms. The maximum absolute atomic E-state index is 13.6. The molecule has 0 amide bonds. The number of hydrogen-bond donors (Lipinski definition) is 0. The van der Waals surface area contributed by atoms with E-state index in [0.29, 0.717) is 13.2 Å². The minimum absolute atomic E-state index is 0.151. The maximum atomic E-state index is 13.6. The van der Waals surface area contributed by atoms with Crippen LogP contribution in [-0.2, 0) is 17.5 Å². The molecule has 31 heavy (non-hydrogen) atoms. The molecule has 1 saturated heterocycles. The molecule has 160 valence electrons.